The highest BCUT2D eigenvalue weighted by Gasteiger charge is 2.04. The van der Waals surface area contributed by atoms with Crippen LogP contribution in [0.4, 0.5) is 0 Å². The van der Waals surface area contributed by atoms with Crippen molar-refractivity contribution in [1.29, 1.82) is 0 Å². The summed E-state index contributed by atoms with van der Waals surface area (Å²) in [4.78, 5) is 0. The van der Waals surface area contributed by atoms with E-state index in [2.05, 4.69) is 48.4 Å². The fourth-order valence-corrected chi connectivity index (χ4v) is 2.66. The molecule has 2 rings (SSSR count). The Morgan fingerprint density at radius 2 is 1.79 bits per heavy atom. The molecule has 148 valence electrons. The average molecular weight is 398 g/mol. The standard InChI is InChI=1S/C22H27N3O2S/c1-4-13-23-22(28)25-24-16-19-11-5-6-12-20(19)26-14-8-15-27-21-17(2)9-7-10-18(21)3/h4-7,9-12,16H,1,8,13-15H2,2-3H3,(H2,23,25,28)/b24-16-. The maximum absolute atomic E-state index is 5.91. The lowest BCUT2D eigenvalue weighted by Gasteiger charge is -2.13. The highest BCUT2D eigenvalue weighted by Crippen LogP contribution is 2.22. The van der Waals surface area contributed by atoms with Gasteiger partial charge in [0, 0.05) is 18.5 Å². The Hall–Kier alpha value is -2.86. The second kappa shape index (κ2) is 11.8. The van der Waals surface area contributed by atoms with Crippen LogP contribution in [0.15, 0.2) is 60.2 Å². The van der Waals surface area contributed by atoms with E-state index in [4.69, 9.17) is 21.7 Å². The third kappa shape index (κ3) is 7.04. The summed E-state index contributed by atoms with van der Waals surface area (Å²) in [5, 5.41) is 7.53. The van der Waals surface area contributed by atoms with E-state index in [1.165, 1.54) is 0 Å². The molecule has 0 saturated carbocycles. The summed E-state index contributed by atoms with van der Waals surface area (Å²) in [5.74, 6) is 1.73. The van der Waals surface area contributed by atoms with Crippen molar-refractivity contribution in [3.63, 3.8) is 0 Å². The van der Waals surface area contributed by atoms with Crippen LogP contribution >= 0.6 is 12.2 Å². The quantitative estimate of drug-likeness (QED) is 0.208. The number of nitrogens with one attached hydrogen (secondary N) is 2. The molecule has 0 amide bonds. The predicted octanol–water partition coefficient (Wildman–Crippen LogP) is 4.14. The molecular formula is C22H27N3O2S. The van der Waals surface area contributed by atoms with Gasteiger partial charge in [0.05, 0.1) is 19.4 Å². The average Bonchev–Trinajstić information content (AvgIpc) is 2.69. The molecule has 2 aromatic rings. The van der Waals surface area contributed by atoms with Crippen molar-refractivity contribution in [2.45, 2.75) is 20.3 Å². The van der Waals surface area contributed by atoms with Crippen LogP contribution in [-0.4, -0.2) is 31.1 Å². The van der Waals surface area contributed by atoms with Crippen LogP contribution in [0.5, 0.6) is 11.5 Å². The van der Waals surface area contributed by atoms with E-state index in [0.717, 1.165) is 34.6 Å². The fraction of sp³-hybridized carbons (Fsp3) is 0.273. The van der Waals surface area contributed by atoms with E-state index >= 15 is 0 Å². The first kappa shape index (κ1) is 21.4. The van der Waals surface area contributed by atoms with Crippen LogP contribution in [0.2, 0.25) is 0 Å². The van der Waals surface area contributed by atoms with E-state index in [9.17, 15) is 0 Å². The number of thiocarbonyl (C=S) groups is 1. The SMILES string of the molecule is C=CCNC(=S)N/N=C\c1ccccc1OCCCOc1c(C)cccc1C. The first-order valence-corrected chi connectivity index (χ1v) is 9.61. The minimum absolute atomic E-state index is 0.443. The van der Waals surface area contributed by atoms with Crippen LogP contribution in [0.1, 0.15) is 23.1 Å². The number of aryl methyl sites for hydroxylation is 2. The number of rotatable bonds is 10. The zero-order valence-corrected chi connectivity index (χ0v) is 17.2. The van der Waals surface area contributed by atoms with Crippen molar-refractivity contribution in [3.8, 4) is 11.5 Å². The van der Waals surface area contributed by atoms with E-state index in [-0.39, 0.29) is 0 Å². The number of hydrazone groups is 1. The van der Waals surface area contributed by atoms with Gasteiger partial charge in [-0.25, -0.2) is 0 Å². The van der Waals surface area contributed by atoms with Gasteiger partial charge in [0.1, 0.15) is 11.5 Å². The third-order valence-corrected chi connectivity index (χ3v) is 4.13. The number of ether oxygens (including phenoxy) is 2. The van der Waals surface area contributed by atoms with Gasteiger partial charge in [-0.1, -0.05) is 36.4 Å². The van der Waals surface area contributed by atoms with Crippen molar-refractivity contribution in [2.75, 3.05) is 19.8 Å². The molecule has 0 fully saturated rings. The summed E-state index contributed by atoms with van der Waals surface area (Å²) in [6, 6.07) is 13.9. The van der Waals surface area contributed by atoms with Crippen LogP contribution in [0.25, 0.3) is 0 Å². The molecule has 0 radical (unpaired) electrons. The van der Waals surface area contributed by atoms with Gasteiger partial charge >= 0.3 is 0 Å². The minimum Gasteiger partial charge on any atom is -0.493 e. The van der Waals surface area contributed by atoms with E-state index < -0.39 is 0 Å². The topological polar surface area (TPSA) is 54.9 Å². The van der Waals surface area contributed by atoms with Crippen LogP contribution in [-0.2, 0) is 0 Å². The maximum Gasteiger partial charge on any atom is 0.187 e. The molecule has 2 N–H and O–H groups in total. The van der Waals surface area contributed by atoms with Gasteiger partial charge in [-0.15, -0.1) is 6.58 Å². The van der Waals surface area contributed by atoms with Crippen LogP contribution < -0.4 is 20.2 Å². The molecule has 2 aromatic carbocycles. The zero-order valence-electron chi connectivity index (χ0n) is 16.4. The second-order valence-corrected chi connectivity index (χ2v) is 6.59. The predicted molar refractivity (Wildman–Crippen MR) is 119 cm³/mol. The van der Waals surface area contributed by atoms with Gasteiger partial charge in [0.15, 0.2) is 5.11 Å². The Bertz CT molecular complexity index is 801. The number of hydrogen-bond acceptors (Lipinski definition) is 4. The molecule has 0 unspecified atom stereocenters. The molecule has 0 aromatic heterocycles. The number of para-hydroxylation sites is 2. The lowest BCUT2D eigenvalue weighted by atomic mass is 10.1. The molecule has 0 bridgehead atoms. The van der Waals surface area contributed by atoms with Gasteiger partial charge in [-0.2, -0.15) is 5.10 Å². The molecule has 0 spiro atoms. The Labute approximate surface area is 172 Å². The first-order valence-electron chi connectivity index (χ1n) is 9.20. The zero-order chi connectivity index (χ0) is 20.2. The van der Waals surface area contributed by atoms with Crippen LogP contribution in [0.3, 0.4) is 0 Å². The first-order chi connectivity index (χ1) is 13.6. The van der Waals surface area contributed by atoms with Crippen molar-refractivity contribution < 1.29 is 9.47 Å². The Morgan fingerprint density at radius 3 is 2.54 bits per heavy atom. The van der Waals surface area contributed by atoms with Crippen LogP contribution in [0, 0.1) is 13.8 Å². The van der Waals surface area contributed by atoms with Gasteiger partial charge in [0.25, 0.3) is 0 Å². The third-order valence-electron chi connectivity index (χ3n) is 3.90. The molecule has 0 aliphatic heterocycles. The Kier molecular flexibility index (Phi) is 9.01. The molecule has 0 aliphatic carbocycles. The summed E-state index contributed by atoms with van der Waals surface area (Å²) in [7, 11) is 0. The summed E-state index contributed by atoms with van der Waals surface area (Å²) in [5.41, 5.74) is 5.93. The lowest BCUT2D eigenvalue weighted by Crippen LogP contribution is -2.31. The molecule has 0 saturated heterocycles. The summed E-state index contributed by atoms with van der Waals surface area (Å²) >= 11 is 5.10. The smallest absolute Gasteiger partial charge is 0.187 e. The van der Waals surface area contributed by atoms with Gasteiger partial charge in [0.2, 0.25) is 0 Å². The molecule has 0 heterocycles. The molecule has 28 heavy (non-hydrogen) atoms. The van der Waals surface area contributed by atoms with Crippen molar-refractivity contribution in [1.82, 2.24) is 10.7 Å². The molecular weight excluding hydrogens is 370 g/mol. The Balaban J connectivity index is 1.80. The normalized spacial score (nSPS) is 10.5. The van der Waals surface area contributed by atoms with Gasteiger partial charge in [-0.05, 0) is 49.3 Å². The van der Waals surface area contributed by atoms with E-state index in [1.807, 2.05) is 30.3 Å². The minimum atomic E-state index is 0.443. The molecule has 0 atom stereocenters. The summed E-state index contributed by atoms with van der Waals surface area (Å²) < 4.78 is 11.8. The number of benzene rings is 2. The van der Waals surface area contributed by atoms with Gasteiger partial charge < -0.3 is 14.8 Å². The number of nitrogens with zero attached hydrogens (tertiary/aromatic N) is 1. The maximum atomic E-state index is 5.91. The van der Waals surface area contributed by atoms with Crippen molar-refractivity contribution in [2.24, 2.45) is 5.10 Å². The van der Waals surface area contributed by atoms with Crippen molar-refractivity contribution in [3.05, 3.63) is 71.8 Å². The highest BCUT2D eigenvalue weighted by molar-refractivity contribution is 7.80. The fourth-order valence-electron chi connectivity index (χ4n) is 2.53. The van der Waals surface area contributed by atoms with Crippen molar-refractivity contribution >= 4 is 23.5 Å². The monoisotopic (exact) mass is 397 g/mol. The largest absolute Gasteiger partial charge is 0.493 e. The van der Waals surface area contributed by atoms with E-state index in [0.29, 0.717) is 24.9 Å². The molecule has 0 aliphatic rings. The second-order valence-electron chi connectivity index (χ2n) is 6.18. The number of hydrogen-bond donors (Lipinski definition) is 2. The lowest BCUT2D eigenvalue weighted by molar-refractivity contribution is 0.245. The van der Waals surface area contributed by atoms with Gasteiger partial charge in [-0.3, -0.25) is 5.43 Å². The molecule has 6 heteroatoms. The molecule has 5 nitrogen and oxygen atoms in total. The highest BCUT2D eigenvalue weighted by atomic mass is 32.1. The summed E-state index contributed by atoms with van der Waals surface area (Å²) in [6.45, 7) is 9.49. The summed E-state index contributed by atoms with van der Waals surface area (Å²) in [6.07, 6.45) is 4.20. The Morgan fingerprint density at radius 1 is 1.07 bits per heavy atom. The van der Waals surface area contributed by atoms with E-state index in [1.54, 1.807) is 12.3 Å².